The molecule has 0 aliphatic carbocycles. The molecule has 0 unspecified atom stereocenters. The maximum Gasteiger partial charge on any atom is 0.266 e. The summed E-state index contributed by atoms with van der Waals surface area (Å²) in [6.45, 7) is 0.159. The molecule has 0 atom stereocenters. The number of carbonyl (C=O) groups is 1. The summed E-state index contributed by atoms with van der Waals surface area (Å²) in [6.07, 6.45) is 1.32. The number of nitriles is 1. The van der Waals surface area contributed by atoms with Gasteiger partial charge in [0, 0.05) is 21.3 Å². The van der Waals surface area contributed by atoms with Crippen molar-refractivity contribution in [2.75, 3.05) is 5.32 Å². The summed E-state index contributed by atoms with van der Waals surface area (Å²) in [7, 11) is 0. The molecule has 0 spiro atoms. The van der Waals surface area contributed by atoms with Crippen molar-refractivity contribution in [3.63, 3.8) is 0 Å². The van der Waals surface area contributed by atoms with E-state index in [0.29, 0.717) is 21.3 Å². The van der Waals surface area contributed by atoms with Crippen molar-refractivity contribution >= 4 is 52.5 Å². The third-order valence-corrected chi connectivity index (χ3v) is 4.81. The van der Waals surface area contributed by atoms with Crippen molar-refractivity contribution in [1.82, 2.24) is 0 Å². The van der Waals surface area contributed by atoms with Crippen LogP contribution in [-0.4, -0.2) is 5.91 Å². The molecule has 0 aliphatic rings. The number of hydrogen-bond acceptors (Lipinski definition) is 3. The maximum atomic E-state index is 13.1. The highest BCUT2D eigenvalue weighted by Gasteiger charge is 2.15. The monoisotopic (exact) mass is 474 g/mol. The Hall–Kier alpha value is -3.04. The number of amides is 1. The van der Waals surface area contributed by atoms with Crippen molar-refractivity contribution < 1.29 is 13.9 Å². The summed E-state index contributed by atoms with van der Waals surface area (Å²) >= 11 is 18.4. The Balaban J connectivity index is 1.88. The van der Waals surface area contributed by atoms with E-state index in [4.69, 9.17) is 39.5 Å². The van der Waals surface area contributed by atoms with Crippen molar-refractivity contribution in [3.05, 3.63) is 98.2 Å². The maximum absolute atomic E-state index is 13.1. The first-order valence-electron chi connectivity index (χ1n) is 8.90. The number of anilines is 1. The van der Waals surface area contributed by atoms with Crippen LogP contribution in [-0.2, 0) is 11.4 Å². The van der Waals surface area contributed by atoms with Crippen molar-refractivity contribution in [3.8, 4) is 11.8 Å². The second-order valence-corrected chi connectivity index (χ2v) is 7.64. The smallest absolute Gasteiger partial charge is 0.266 e. The van der Waals surface area contributed by atoms with Gasteiger partial charge in [0.2, 0.25) is 0 Å². The van der Waals surface area contributed by atoms with E-state index < -0.39 is 11.7 Å². The molecule has 0 saturated heterocycles. The van der Waals surface area contributed by atoms with Gasteiger partial charge in [-0.15, -0.1) is 0 Å². The zero-order chi connectivity index (χ0) is 22.4. The summed E-state index contributed by atoms with van der Waals surface area (Å²) in [6, 6.07) is 17.2. The van der Waals surface area contributed by atoms with Gasteiger partial charge in [-0.3, -0.25) is 4.79 Å². The number of rotatable bonds is 6. The molecule has 0 saturated carbocycles. The van der Waals surface area contributed by atoms with Crippen LogP contribution in [0.2, 0.25) is 15.1 Å². The van der Waals surface area contributed by atoms with Gasteiger partial charge in [0.25, 0.3) is 5.91 Å². The third-order valence-electron chi connectivity index (χ3n) is 4.08. The van der Waals surface area contributed by atoms with Crippen LogP contribution in [0.3, 0.4) is 0 Å². The second-order valence-electron chi connectivity index (χ2n) is 6.36. The van der Waals surface area contributed by atoms with Crippen LogP contribution in [0.5, 0.6) is 5.75 Å². The minimum absolute atomic E-state index is 0.159. The molecule has 31 heavy (non-hydrogen) atoms. The standard InChI is InChI=1S/C23H14Cl3FN2O2/c24-17-3-1-2-14(8-17)13-31-22-15(10-18(25)11-21(22)26)9-16(12-28)23(30)29-20-6-4-19(27)5-7-20/h1-11H,13H2,(H,29,30)/b16-9+. The average molecular weight is 476 g/mol. The molecule has 1 N–H and O–H groups in total. The second kappa shape index (κ2) is 10.3. The van der Waals surface area contributed by atoms with Crippen LogP contribution >= 0.6 is 34.8 Å². The zero-order valence-electron chi connectivity index (χ0n) is 15.8. The van der Waals surface area contributed by atoms with Gasteiger partial charge >= 0.3 is 0 Å². The summed E-state index contributed by atoms with van der Waals surface area (Å²) < 4.78 is 18.9. The Morgan fingerprint density at radius 1 is 1.06 bits per heavy atom. The molecule has 0 aliphatic heterocycles. The molecular formula is C23H14Cl3FN2O2. The number of ether oxygens (including phenoxy) is 1. The first-order valence-corrected chi connectivity index (χ1v) is 10.0. The van der Waals surface area contributed by atoms with E-state index in [2.05, 4.69) is 5.32 Å². The van der Waals surface area contributed by atoms with Crippen LogP contribution in [0.1, 0.15) is 11.1 Å². The summed E-state index contributed by atoms with van der Waals surface area (Å²) in [5.74, 6) is -0.858. The topological polar surface area (TPSA) is 62.1 Å². The molecule has 3 aromatic carbocycles. The fourth-order valence-corrected chi connectivity index (χ4v) is 3.43. The van der Waals surface area contributed by atoms with Gasteiger partial charge in [-0.05, 0) is 60.2 Å². The van der Waals surface area contributed by atoms with Gasteiger partial charge < -0.3 is 10.1 Å². The quantitative estimate of drug-likeness (QED) is 0.311. The molecule has 8 heteroatoms. The Kier molecular flexibility index (Phi) is 7.54. The van der Waals surface area contributed by atoms with Crippen LogP contribution in [0.25, 0.3) is 6.08 Å². The Morgan fingerprint density at radius 3 is 2.48 bits per heavy atom. The lowest BCUT2D eigenvalue weighted by atomic mass is 10.1. The molecule has 0 bridgehead atoms. The SMILES string of the molecule is N#C/C(=C\c1cc(Cl)cc(Cl)c1OCc1cccc(Cl)c1)C(=O)Nc1ccc(F)cc1. The van der Waals surface area contributed by atoms with Gasteiger partial charge in [0.05, 0.1) is 5.02 Å². The lowest BCUT2D eigenvalue weighted by molar-refractivity contribution is -0.112. The fourth-order valence-electron chi connectivity index (χ4n) is 2.66. The molecule has 3 rings (SSSR count). The van der Waals surface area contributed by atoms with E-state index in [1.54, 1.807) is 18.2 Å². The lowest BCUT2D eigenvalue weighted by Crippen LogP contribution is -2.13. The number of nitrogens with one attached hydrogen (secondary N) is 1. The first-order chi connectivity index (χ1) is 14.9. The normalized spacial score (nSPS) is 11.0. The van der Waals surface area contributed by atoms with Gasteiger partial charge in [-0.2, -0.15) is 5.26 Å². The molecule has 0 heterocycles. The summed E-state index contributed by atoms with van der Waals surface area (Å²) in [5.41, 5.74) is 1.29. The number of halogens is 4. The Labute approximate surface area is 193 Å². The van der Waals surface area contributed by atoms with Crippen molar-refractivity contribution in [1.29, 1.82) is 5.26 Å². The first kappa shape index (κ1) is 22.6. The van der Waals surface area contributed by atoms with Gasteiger partial charge in [-0.25, -0.2) is 4.39 Å². The molecule has 156 valence electrons. The number of nitrogens with zero attached hydrogens (tertiary/aromatic N) is 1. The van der Waals surface area contributed by atoms with Gasteiger partial charge in [0.15, 0.2) is 0 Å². The molecule has 4 nitrogen and oxygen atoms in total. The highest BCUT2D eigenvalue weighted by molar-refractivity contribution is 6.36. The Bertz CT molecular complexity index is 1190. The van der Waals surface area contributed by atoms with Crippen molar-refractivity contribution in [2.24, 2.45) is 0 Å². The number of hydrogen-bond donors (Lipinski definition) is 1. The van der Waals surface area contributed by atoms with E-state index >= 15 is 0 Å². The fraction of sp³-hybridized carbons (Fsp3) is 0.0435. The van der Waals surface area contributed by atoms with Crippen LogP contribution in [0.4, 0.5) is 10.1 Å². The summed E-state index contributed by atoms with van der Waals surface area (Å²) in [5, 5.41) is 13.1. The summed E-state index contributed by atoms with van der Waals surface area (Å²) in [4.78, 5) is 12.5. The molecule has 1 amide bonds. The van der Waals surface area contributed by atoms with Crippen LogP contribution in [0.15, 0.2) is 66.2 Å². The van der Waals surface area contributed by atoms with Crippen LogP contribution < -0.4 is 10.1 Å². The molecule has 0 aromatic heterocycles. The highest BCUT2D eigenvalue weighted by atomic mass is 35.5. The molecule has 0 radical (unpaired) electrons. The largest absolute Gasteiger partial charge is 0.487 e. The minimum atomic E-state index is -0.675. The van der Waals surface area contributed by atoms with E-state index in [1.807, 2.05) is 12.1 Å². The van der Waals surface area contributed by atoms with E-state index in [1.165, 1.54) is 42.5 Å². The van der Waals surface area contributed by atoms with Gasteiger partial charge in [-0.1, -0.05) is 46.9 Å². The zero-order valence-corrected chi connectivity index (χ0v) is 18.1. The third kappa shape index (κ3) is 6.22. The van der Waals surface area contributed by atoms with E-state index in [0.717, 1.165) is 5.56 Å². The highest BCUT2D eigenvalue weighted by Crippen LogP contribution is 2.34. The molecule has 0 fully saturated rings. The van der Waals surface area contributed by atoms with Crippen LogP contribution in [0, 0.1) is 17.1 Å². The predicted molar refractivity (Wildman–Crippen MR) is 121 cm³/mol. The predicted octanol–water partition coefficient (Wildman–Crippen LogP) is 6.91. The number of benzene rings is 3. The Morgan fingerprint density at radius 2 is 1.81 bits per heavy atom. The van der Waals surface area contributed by atoms with Crippen molar-refractivity contribution in [2.45, 2.75) is 6.61 Å². The molecule has 3 aromatic rings. The average Bonchev–Trinajstić information content (AvgIpc) is 2.72. The van der Waals surface area contributed by atoms with Gasteiger partial charge in [0.1, 0.15) is 29.8 Å². The van der Waals surface area contributed by atoms with E-state index in [9.17, 15) is 14.4 Å². The van der Waals surface area contributed by atoms with E-state index in [-0.39, 0.29) is 23.0 Å². The minimum Gasteiger partial charge on any atom is -0.487 e. The number of carbonyl (C=O) groups excluding carboxylic acids is 1. The molecular weight excluding hydrogens is 462 g/mol. The lowest BCUT2D eigenvalue weighted by Gasteiger charge is -2.13.